The topological polar surface area (TPSA) is 57.6 Å². The first-order valence-electron chi connectivity index (χ1n) is 8.17. The molecule has 5 heteroatoms. The van der Waals surface area contributed by atoms with E-state index >= 15 is 0 Å². The SMILES string of the molecule is CCCc1sc(C(=O)N2CCC(CC(=O)O)CC2)cc1CC. The number of carbonyl (C=O) groups is 2. The van der Waals surface area contributed by atoms with Gasteiger partial charge in [-0.15, -0.1) is 11.3 Å². The summed E-state index contributed by atoms with van der Waals surface area (Å²) < 4.78 is 0. The van der Waals surface area contributed by atoms with E-state index in [9.17, 15) is 9.59 Å². The molecule has 0 saturated carbocycles. The summed E-state index contributed by atoms with van der Waals surface area (Å²) in [7, 11) is 0. The maximum Gasteiger partial charge on any atom is 0.303 e. The third-order valence-electron chi connectivity index (χ3n) is 4.33. The molecule has 1 N–H and O–H groups in total. The van der Waals surface area contributed by atoms with Gasteiger partial charge < -0.3 is 10.0 Å². The van der Waals surface area contributed by atoms with E-state index in [1.807, 2.05) is 4.90 Å². The van der Waals surface area contributed by atoms with Crippen molar-refractivity contribution in [2.45, 2.75) is 52.4 Å². The lowest BCUT2D eigenvalue weighted by Gasteiger charge is -2.31. The molecular formula is C17H25NO3S. The van der Waals surface area contributed by atoms with Crippen LogP contribution in [0.3, 0.4) is 0 Å². The van der Waals surface area contributed by atoms with Crippen LogP contribution in [0.4, 0.5) is 0 Å². The van der Waals surface area contributed by atoms with Crippen molar-refractivity contribution in [2.75, 3.05) is 13.1 Å². The second-order valence-corrected chi connectivity index (χ2v) is 7.13. The zero-order chi connectivity index (χ0) is 16.1. The Morgan fingerprint density at radius 2 is 2.00 bits per heavy atom. The van der Waals surface area contributed by atoms with Crippen LogP contribution in [0, 0.1) is 5.92 Å². The highest BCUT2D eigenvalue weighted by molar-refractivity contribution is 7.14. The number of nitrogens with zero attached hydrogens (tertiary/aromatic N) is 1. The molecule has 4 nitrogen and oxygen atoms in total. The lowest BCUT2D eigenvalue weighted by atomic mass is 9.93. The number of hydrogen-bond acceptors (Lipinski definition) is 3. The quantitative estimate of drug-likeness (QED) is 0.870. The number of likely N-dealkylation sites (tertiary alicyclic amines) is 1. The van der Waals surface area contributed by atoms with E-state index in [2.05, 4.69) is 19.9 Å². The molecule has 1 aromatic heterocycles. The van der Waals surface area contributed by atoms with Gasteiger partial charge in [-0.25, -0.2) is 0 Å². The molecule has 2 heterocycles. The van der Waals surface area contributed by atoms with Crippen molar-refractivity contribution in [1.29, 1.82) is 0 Å². The van der Waals surface area contributed by atoms with Crippen LogP contribution in [0.15, 0.2) is 6.07 Å². The second-order valence-electron chi connectivity index (χ2n) is 6.00. The van der Waals surface area contributed by atoms with Gasteiger partial charge in [0.05, 0.1) is 4.88 Å². The molecule has 0 spiro atoms. The Hall–Kier alpha value is -1.36. The Kier molecular flexibility index (Phi) is 6.00. The van der Waals surface area contributed by atoms with E-state index in [0.29, 0.717) is 13.1 Å². The predicted molar refractivity (Wildman–Crippen MR) is 88.6 cm³/mol. The summed E-state index contributed by atoms with van der Waals surface area (Å²) in [5.41, 5.74) is 1.30. The fraction of sp³-hybridized carbons (Fsp3) is 0.647. The van der Waals surface area contributed by atoms with Crippen molar-refractivity contribution < 1.29 is 14.7 Å². The minimum Gasteiger partial charge on any atom is -0.481 e. The van der Waals surface area contributed by atoms with Crippen LogP contribution in [-0.4, -0.2) is 35.0 Å². The van der Waals surface area contributed by atoms with Gasteiger partial charge in [-0.1, -0.05) is 20.3 Å². The van der Waals surface area contributed by atoms with Crippen LogP contribution in [0.1, 0.15) is 59.6 Å². The molecule has 0 aromatic carbocycles. The first-order chi connectivity index (χ1) is 10.5. The molecule has 2 rings (SSSR count). The minimum atomic E-state index is -0.736. The molecular weight excluding hydrogens is 298 g/mol. The molecule has 1 aliphatic heterocycles. The number of aliphatic carboxylic acids is 1. The van der Waals surface area contributed by atoms with Crippen molar-refractivity contribution >= 4 is 23.2 Å². The third-order valence-corrected chi connectivity index (χ3v) is 5.56. The van der Waals surface area contributed by atoms with Crippen LogP contribution >= 0.6 is 11.3 Å². The number of aryl methyl sites for hydroxylation is 2. The number of rotatable bonds is 6. The first kappa shape index (κ1) is 17.0. The molecule has 1 amide bonds. The number of carboxylic acids is 1. The molecule has 1 fully saturated rings. The number of amides is 1. The van der Waals surface area contributed by atoms with Gasteiger partial charge in [-0.05, 0) is 43.2 Å². The Morgan fingerprint density at radius 3 is 2.55 bits per heavy atom. The first-order valence-corrected chi connectivity index (χ1v) is 8.99. The fourth-order valence-electron chi connectivity index (χ4n) is 3.05. The Morgan fingerprint density at radius 1 is 1.32 bits per heavy atom. The average molecular weight is 323 g/mol. The molecule has 0 aliphatic carbocycles. The largest absolute Gasteiger partial charge is 0.481 e. The summed E-state index contributed by atoms with van der Waals surface area (Å²) in [6.45, 7) is 5.65. The number of piperidine rings is 1. The Bertz CT molecular complexity index is 530. The minimum absolute atomic E-state index is 0.121. The highest BCUT2D eigenvalue weighted by Crippen LogP contribution is 2.28. The van der Waals surface area contributed by atoms with Gasteiger partial charge in [0.1, 0.15) is 0 Å². The summed E-state index contributed by atoms with van der Waals surface area (Å²) in [4.78, 5) is 27.5. The van der Waals surface area contributed by atoms with Crippen molar-refractivity contribution in [2.24, 2.45) is 5.92 Å². The van der Waals surface area contributed by atoms with E-state index in [1.165, 1.54) is 10.4 Å². The van der Waals surface area contributed by atoms with Gasteiger partial charge >= 0.3 is 5.97 Å². The average Bonchev–Trinajstić information content (AvgIpc) is 2.90. The molecule has 22 heavy (non-hydrogen) atoms. The van der Waals surface area contributed by atoms with E-state index in [-0.39, 0.29) is 18.2 Å². The highest BCUT2D eigenvalue weighted by Gasteiger charge is 2.26. The molecule has 1 aliphatic rings. The fourth-order valence-corrected chi connectivity index (χ4v) is 4.38. The van der Waals surface area contributed by atoms with Gasteiger partial charge in [0.25, 0.3) is 5.91 Å². The monoisotopic (exact) mass is 323 g/mol. The summed E-state index contributed by atoms with van der Waals surface area (Å²) in [5, 5.41) is 8.85. The van der Waals surface area contributed by atoms with Crippen LogP contribution < -0.4 is 0 Å². The molecule has 1 saturated heterocycles. The standard InChI is InChI=1S/C17H25NO3S/c1-3-5-14-13(4-2)11-15(22-14)17(21)18-8-6-12(7-9-18)10-16(19)20/h11-12H,3-10H2,1-2H3,(H,19,20). The summed E-state index contributed by atoms with van der Waals surface area (Å²) >= 11 is 1.64. The van der Waals surface area contributed by atoms with Gasteiger partial charge in [0.15, 0.2) is 0 Å². The highest BCUT2D eigenvalue weighted by atomic mass is 32.1. The zero-order valence-electron chi connectivity index (χ0n) is 13.4. The second kappa shape index (κ2) is 7.77. The van der Waals surface area contributed by atoms with Gasteiger partial charge in [-0.2, -0.15) is 0 Å². The van der Waals surface area contributed by atoms with E-state index < -0.39 is 5.97 Å². The molecule has 1 aromatic rings. The molecule has 0 radical (unpaired) electrons. The van der Waals surface area contributed by atoms with E-state index in [4.69, 9.17) is 5.11 Å². The number of carboxylic acid groups (broad SMARTS) is 1. The molecule has 0 bridgehead atoms. The molecule has 0 unspecified atom stereocenters. The van der Waals surface area contributed by atoms with Crippen molar-refractivity contribution in [1.82, 2.24) is 4.90 Å². The molecule has 0 atom stereocenters. The maximum atomic E-state index is 12.6. The van der Waals surface area contributed by atoms with Crippen molar-refractivity contribution in [3.8, 4) is 0 Å². The predicted octanol–water partition coefficient (Wildman–Crippen LogP) is 3.59. The smallest absolute Gasteiger partial charge is 0.303 e. The van der Waals surface area contributed by atoms with Gasteiger partial charge in [0, 0.05) is 24.4 Å². The third kappa shape index (κ3) is 4.09. The van der Waals surface area contributed by atoms with Crippen LogP contribution in [0.2, 0.25) is 0 Å². The van der Waals surface area contributed by atoms with Crippen LogP contribution in [0.25, 0.3) is 0 Å². The lowest BCUT2D eigenvalue weighted by Crippen LogP contribution is -2.38. The molecule has 122 valence electrons. The van der Waals surface area contributed by atoms with Crippen molar-refractivity contribution in [3.05, 3.63) is 21.4 Å². The number of thiophene rings is 1. The summed E-state index contributed by atoms with van der Waals surface area (Å²) in [5.74, 6) is -0.401. The number of carbonyl (C=O) groups excluding carboxylic acids is 1. The number of hydrogen-bond donors (Lipinski definition) is 1. The van der Waals surface area contributed by atoms with Gasteiger partial charge in [-0.3, -0.25) is 9.59 Å². The maximum absolute atomic E-state index is 12.6. The Labute approximate surface area is 136 Å². The van der Waals surface area contributed by atoms with Crippen LogP contribution in [0.5, 0.6) is 0 Å². The normalized spacial score (nSPS) is 16.0. The summed E-state index contributed by atoms with van der Waals surface area (Å²) in [6, 6.07) is 2.06. The van der Waals surface area contributed by atoms with E-state index in [1.54, 1.807) is 11.3 Å². The van der Waals surface area contributed by atoms with E-state index in [0.717, 1.165) is 37.0 Å². The van der Waals surface area contributed by atoms with Crippen molar-refractivity contribution in [3.63, 3.8) is 0 Å². The lowest BCUT2D eigenvalue weighted by molar-refractivity contribution is -0.138. The summed E-state index contributed by atoms with van der Waals surface area (Å²) in [6.07, 6.45) is 4.93. The van der Waals surface area contributed by atoms with Crippen LogP contribution in [-0.2, 0) is 17.6 Å². The van der Waals surface area contributed by atoms with Gasteiger partial charge in [0.2, 0.25) is 0 Å². The zero-order valence-corrected chi connectivity index (χ0v) is 14.2. The Balaban J connectivity index is 1.99.